The number of carbonyl (C=O) groups is 1. The lowest BCUT2D eigenvalue weighted by molar-refractivity contribution is 0.0705. The molecule has 3 aliphatic rings. The molecule has 5 heteroatoms. The summed E-state index contributed by atoms with van der Waals surface area (Å²) in [6, 6.07) is 4.21. The molecular weight excluding hydrogens is 314 g/mol. The van der Waals surface area contributed by atoms with Gasteiger partial charge in [0.2, 0.25) is 0 Å². The SMILES string of the molecule is CC(C)=CCN1C[C@@H]2CC[C@H]1CN(C(=O)c1ccc(CN(C)C)o1)C2. The average Bonchev–Trinajstić information content (AvgIpc) is 2.81. The Morgan fingerprint density at radius 2 is 2.04 bits per heavy atom. The molecule has 1 amide bonds. The van der Waals surface area contributed by atoms with Crippen LogP contribution in [0.25, 0.3) is 0 Å². The molecule has 4 heterocycles. The molecule has 138 valence electrons. The summed E-state index contributed by atoms with van der Waals surface area (Å²) >= 11 is 0. The minimum absolute atomic E-state index is 0.0472. The average molecular weight is 345 g/mol. The van der Waals surface area contributed by atoms with Crippen molar-refractivity contribution in [2.24, 2.45) is 5.92 Å². The number of allylic oxidation sites excluding steroid dienone is 1. The molecule has 0 spiro atoms. The number of piperidine rings is 1. The highest BCUT2D eigenvalue weighted by Crippen LogP contribution is 2.29. The standard InChI is InChI=1S/C20H31N3O2/c1-15(2)9-10-22-11-16-5-6-17(22)13-23(12-16)20(24)19-8-7-18(25-19)14-21(3)4/h7-9,16-17H,5-6,10-14H2,1-4H3/t16-,17-/m0/s1. The van der Waals surface area contributed by atoms with E-state index in [4.69, 9.17) is 4.42 Å². The van der Waals surface area contributed by atoms with Gasteiger partial charge in [-0.3, -0.25) is 9.69 Å². The minimum Gasteiger partial charge on any atom is -0.455 e. The lowest BCUT2D eigenvalue weighted by atomic mass is 9.95. The van der Waals surface area contributed by atoms with Crippen LogP contribution in [0.2, 0.25) is 0 Å². The van der Waals surface area contributed by atoms with Crippen LogP contribution in [-0.4, -0.2) is 66.9 Å². The van der Waals surface area contributed by atoms with Gasteiger partial charge in [-0.2, -0.15) is 0 Å². The fourth-order valence-electron chi connectivity index (χ4n) is 3.91. The molecule has 5 nitrogen and oxygen atoms in total. The van der Waals surface area contributed by atoms with Crippen molar-refractivity contribution in [1.82, 2.24) is 14.7 Å². The van der Waals surface area contributed by atoms with Crippen LogP contribution in [0.15, 0.2) is 28.2 Å². The Morgan fingerprint density at radius 1 is 1.24 bits per heavy atom. The molecule has 3 fully saturated rings. The zero-order chi connectivity index (χ0) is 18.0. The fraction of sp³-hybridized carbons (Fsp3) is 0.650. The Labute approximate surface area is 151 Å². The van der Waals surface area contributed by atoms with Gasteiger partial charge in [-0.25, -0.2) is 0 Å². The molecule has 0 aliphatic carbocycles. The summed E-state index contributed by atoms with van der Waals surface area (Å²) < 4.78 is 5.79. The van der Waals surface area contributed by atoms with Crippen LogP contribution >= 0.6 is 0 Å². The van der Waals surface area contributed by atoms with Gasteiger partial charge in [0, 0.05) is 32.2 Å². The van der Waals surface area contributed by atoms with Gasteiger partial charge in [-0.15, -0.1) is 0 Å². The third kappa shape index (κ3) is 4.53. The first-order chi connectivity index (χ1) is 11.9. The number of carbonyl (C=O) groups excluding carboxylic acids is 1. The molecule has 0 unspecified atom stereocenters. The van der Waals surface area contributed by atoms with E-state index in [1.165, 1.54) is 18.4 Å². The van der Waals surface area contributed by atoms with Gasteiger partial charge < -0.3 is 14.2 Å². The first kappa shape index (κ1) is 18.2. The molecule has 1 aromatic rings. The second-order valence-corrected chi connectivity index (χ2v) is 8.05. The highest BCUT2D eigenvalue weighted by atomic mass is 16.4. The Kier molecular flexibility index (Phi) is 5.64. The number of rotatable bonds is 5. The van der Waals surface area contributed by atoms with Crippen LogP contribution < -0.4 is 0 Å². The molecule has 0 aromatic carbocycles. The summed E-state index contributed by atoms with van der Waals surface area (Å²) in [6.07, 6.45) is 4.71. The molecule has 0 radical (unpaired) electrons. The van der Waals surface area contributed by atoms with E-state index >= 15 is 0 Å². The third-order valence-electron chi connectivity index (χ3n) is 5.19. The number of hydrogen-bond acceptors (Lipinski definition) is 4. The third-order valence-corrected chi connectivity index (χ3v) is 5.19. The van der Waals surface area contributed by atoms with Crippen LogP contribution in [0.4, 0.5) is 0 Å². The van der Waals surface area contributed by atoms with Gasteiger partial charge in [0.25, 0.3) is 5.91 Å². The van der Waals surface area contributed by atoms with E-state index in [1.54, 1.807) is 0 Å². The van der Waals surface area contributed by atoms with Crippen molar-refractivity contribution in [3.8, 4) is 0 Å². The zero-order valence-electron chi connectivity index (χ0n) is 16.0. The van der Waals surface area contributed by atoms with Gasteiger partial charge >= 0.3 is 0 Å². The Bertz CT molecular complexity index is 631. The van der Waals surface area contributed by atoms with Crippen molar-refractivity contribution in [3.63, 3.8) is 0 Å². The molecule has 1 aromatic heterocycles. The zero-order valence-corrected chi connectivity index (χ0v) is 16.0. The predicted molar refractivity (Wildman–Crippen MR) is 99.5 cm³/mol. The summed E-state index contributed by atoms with van der Waals surface area (Å²) in [7, 11) is 4.00. The van der Waals surface area contributed by atoms with Crippen molar-refractivity contribution >= 4 is 5.91 Å². The topological polar surface area (TPSA) is 39.9 Å². The molecule has 0 saturated carbocycles. The fourth-order valence-corrected chi connectivity index (χ4v) is 3.91. The molecule has 25 heavy (non-hydrogen) atoms. The molecule has 3 saturated heterocycles. The largest absolute Gasteiger partial charge is 0.455 e. The lowest BCUT2D eigenvalue weighted by Crippen LogP contribution is -2.44. The molecule has 2 bridgehead atoms. The van der Waals surface area contributed by atoms with Gasteiger partial charge in [-0.05, 0) is 58.8 Å². The maximum absolute atomic E-state index is 12.9. The van der Waals surface area contributed by atoms with E-state index in [9.17, 15) is 4.79 Å². The van der Waals surface area contributed by atoms with Crippen molar-refractivity contribution < 1.29 is 9.21 Å². The monoisotopic (exact) mass is 345 g/mol. The summed E-state index contributed by atoms with van der Waals surface area (Å²) in [6.45, 7) is 8.78. The van der Waals surface area contributed by atoms with E-state index in [2.05, 4.69) is 24.8 Å². The van der Waals surface area contributed by atoms with Crippen molar-refractivity contribution in [3.05, 3.63) is 35.3 Å². The Balaban J connectivity index is 1.68. The summed E-state index contributed by atoms with van der Waals surface area (Å²) in [5.74, 6) is 1.95. The number of nitrogens with zero attached hydrogens (tertiary/aromatic N) is 3. The number of fused-ring (bicyclic) bond motifs is 4. The Hall–Kier alpha value is -1.59. The predicted octanol–water partition coefficient (Wildman–Crippen LogP) is 2.84. The van der Waals surface area contributed by atoms with Crippen LogP contribution in [0.1, 0.15) is 43.0 Å². The molecule has 0 N–H and O–H groups in total. The van der Waals surface area contributed by atoms with Crippen LogP contribution in [0.3, 0.4) is 0 Å². The number of furan rings is 1. The van der Waals surface area contributed by atoms with E-state index in [0.29, 0.717) is 17.7 Å². The normalized spacial score (nSPS) is 23.8. The first-order valence-electron chi connectivity index (χ1n) is 9.32. The molecule has 3 aliphatic heterocycles. The quantitative estimate of drug-likeness (QED) is 0.770. The van der Waals surface area contributed by atoms with Gasteiger partial charge in [-0.1, -0.05) is 11.6 Å². The minimum atomic E-state index is 0.0472. The Morgan fingerprint density at radius 3 is 2.76 bits per heavy atom. The van der Waals surface area contributed by atoms with Gasteiger partial charge in [0.1, 0.15) is 5.76 Å². The second-order valence-electron chi connectivity index (χ2n) is 8.05. The highest BCUT2D eigenvalue weighted by molar-refractivity contribution is 5.91. The van der Waals surface area contributed by atoms with E-state index in [1.807, 2.05) is 36.0 Å². The second kappa shape index (κ2) is 7.75. The van der Waals surface area contributed by atoms with E-state index < -0.39 is 0 Å². The molecule has 2 atom stereocenters. The maximum atomic E-state index is 12.9. The summed E-state index contributed by atoms with van der Waals surface area (Å²) in [4.78, 5) is 19.5. The summed E-state index contributed by atoms with van der Waals surface area (Å²) in [5.41, 5.74) is 1.36. The number of amides is 1. The first-order valence-corrected chi connectivity index (χ1v) is 9.32. The summed E-state index contributed by atoms with van der Waals surface area (Å²) in [5, 5.41) is 0. The van der Waals surface area contributed by atoms with E-state index in [-0.39, 0.29) is 5.91 Å². The molecular formula is C20H31N3O2. The van der Waals surface area contributed by atoms with Crippen LogP contribution in [0.5, 0.6) is 0 Å². The van der Waals surface area contributed by atoms with Crippen LogP contribution in [-0.2, 0) is 6.54 Å². The number of hydrogen-bond donors (Lipinski definition) is 0. The van der Waals surface area contributed by atoms with Gasteiger partial charge in [0.05, 0.1) is 6.54 Å². The van der Waals surface area contributed by atoms with Crippen molar-refractivity contribution in [2.75, 3.05) is 40.3 Å². The van der Waals surface area contributed by atoms with Crippen molar-refractivity contribution in [2.45, 2.75) is 39.3 Å². The maximum Gasteiger partial charge on any atom is 0.289 e. The van der Waals surface area contributed by atoms with Gasteiger partial charge in [0.15, 0.2) is 5.76 Å². The van der Waals surface area contributed by atoms with Crippen LogP contribution in [0, 0.1) is 5.92 Å². The highest BCUT2D eigenvalue weighted by Gasteiger charge is 2.36. The lowest BCUT2D eigenvalue weighted by Gasteiger charge is -2.35. The smallest absolute Gasteiger partial charge is 0.289 e. The van der Waals surface area contributed by atoms with Crippen molar-refractivity contribution in [1.29, 1.82) is 0 Å². The molecule has 4 rings (SSSR count). The van der Waals surface area contributed by atoms with E-state index in [0.717, 1.165) is 38.5 Å².